The zero-order chi connectivity index (χ0) is 19.3. The molecule has 0 spiro atoms. The van der Waals surface area contributed by atoms with E-state index in [1.165, 1.54) is 26.2 Å². The molecule has 7 nitrogen and oxygen atoms in total. The lowest BCUT2D eigenvalue weighted by molar-refractivity contribution is 0.251. The molecule has 2 amide bonds. The first kappa shape index (κ1) is 19.7. The number of hydrogen-bond donors (Lipinski definition) is 2. The second-order valence-electron chi connectivity index (χ2n) is 6.19. The number of anilines is 2. The van der Waals surface area contributed by atoms with Crippen LogP contribution in [0.4, 0.5) is 16.2 Å². The molecule has 0 heterocycles. The number of sulfonamides is 1. The Bertz CT molecular complexity index is 880. The first-order valence-electron chi connectivity index (χ1n) is 8.04. The van der Waals surface area contributed by atoms with Crippen LogP contribution < -0.4 is 15.5 Å². The zero-order valence-electron chi connectivity index (χ0n) is 15.4. The Morgan fingerprint density at radius 1 is 1.00 bits per heavy atom. The Kier molecular flexibility index (Phi) is 6.23. The number of urea groups is 1. The van der Waals surface area contributed by atoms with Crippen LogP contribution in [-0.4, -0.2) is 46.9 Å². The summed E-state index contributed by atoms with van der Waals surface area (Å²) < 4.78 is 25.5. The number of rotatable bonds is 6. The highest BCUT2D eigenvalue weighted by Gasteiger charge is 2.17. The van der Waals surface area contributed by atoms with Gasteiger partial charge in [-0.25, -0.2) is 17.5 Å². The Morgan fingerprint density at radius 2 is 1.69 bits per heavy atom. The maximum atomic E-state index is 12.2. The standard InChI is InChI=1S/C18H24N4O3S/c1-21(2)16-9-5-7-14(11-16)13-19-18(23)20-15-8-6-10-17(12-15)26(24,25)22(3)4/h5-12H,13H2,1-4H3,(H2,19,20,23). The number of amides is 2. The summed E-state index contributed by atoms with van der Waals surface area (Å²) in [6, 6.07) is 13.6. The number of nitrogens with one attached hydrogen (secondary N) is 2. The van der Waals surface area contributed by atoms with E-state index in [4.69, 9.17) is 0 Å². The number of hydrogen-bond acceptors (Lipinski definition) is 4. The van der Waals surface area contributed by atoms with Gasteiger partial charge in [0.15, 0.2) is 0 Å². The maximum absolute atomic E-state index is 12.2. The Labute approximate surface area is 154 Å². The molecule has 0 aliphatic rings. The van der Waals surface area contributed by atoms with Gasteiger partial charge in [0.2, 0.25) is 10.0 Å². The van der Waals surface area contributed by atoms with E-state index in [9.17, 15) is 13.2 Å². The van der Waals surface area contributed by atoms with Crippen molar-refractivity contribution in [3.05, 3.63) is 54.1 Å². The second-order valence-corrected chi connectivity index (χ2v) is 8.34. The minimum atomic E-state index is -3.55. The third-order valence-corrected chi connectivity index (χ3v) is 5.56. The molecule has 8 heteroatoms. The molecule has 0 aliphatic carbocycles. The third kappa shape index (κ3) is 4.96. The van der Waals surface area contributed by atoms with Gasteiger partial charge in [-0.05, 0) is 35.9 Å². The van der Waals surface area contributed by atoms with E-state index in [0.29, 0.717) is 12.2 Å². The van der Waals surface area contributed by atoms with Crippen LogP contribution in [0.2, 0.25) is 0 Å². The van der Waals surface area contributed by atoms with E-state index < -0.39 is 16.1 Å². The number of carbonyl (C=O) groups is 1. The minimum Gasteiger partial charge on any atom is -0.378 e. The molecule has 0 atom stereocenters. The smallest absolute Gasteiger partial charge is 0.319 e. The molecule has 0 aliphatic heterocycles. The normalized spacial score (nSPS) is 11.3. The quantitative estimate of drug-likeness (QED) is 0.811. The summed E-state index contributed by atoms with van der Waals surface area (Å²) in [6.07, 6.45) is 0. The van der Waals surface area contributed by atoms with Crippen LogP contribution in [0.3, 0.4) is 0 Å². The lowest BCUT2D eigenvalue weighted by Crippen LogP contribution is -2.28. The van der Waals surface area contributed by atoms with Gasteiger partial charge in [0, 0.05) is 46.1 Å². The lowest BCUT2D eigenvalue weighted by Gasteiger charge is -2.14. The first-order valence-corrected chi connectivity index (χ1v) is 9.48. The molecule has 2 aromatic rings. The van der Waals surface area contributed by atoms with Crippen molar-refractivity contribution in [1.29, 1.82) is 0 Å². The Balaban J connectivity index is 2.01. The number of benzene rings is 2. The van der Waals surface area contributed by atoms with Gasteiger partial charge in [-0.3, -0.25) is 0 Å². The zero-order valence-corrected chi connectivity index (χ0v) is 16.2. The second kappa shape index (κ2) is 8.20. The van der Waals surface area contributed by atoms with Crippen molar-refractivity contribution in [1.82, 2.24) is 9.62 Å². The van der Waals surface area contributed by atoms with Gasteiger partial charge in [0.25, 0.3) is 0 Å². The molecule has 0 aromatic heterocycles. The minimum absolute atomic E-state index is 0.124. The molecule has 0 radical (unpaired) electrons. The Morgan fingerprint density at radius 3 is 2.35 bits per heavy atom. The fourth-order valence-corrected chi connectivity index (χ4v) is 3.20. The van der Waals surface area contributed by atoms with Gasteiger partial charge in [-0.2, -0.15) is 0 Å². The van der Waals surface area contributed by atoms with E-state index in [1.54, 1.807) is 12.1 Å². The van der Waals surface area contributed by atoms with Crippen molar-refractivity contribution in [3.8, 4) is 0 Å². The van der Waals surface area contributed by atoms with Crippen LogP contribution >= 0.6 is 0 Å². The summed E-state index contributed by atoms with van der Waals surface area (Å²) in [5.74, 6) is 0. The first-order chi connectivity index (χ1) is 12.2. The fourth-order valence-electron chi connectivity index (χ4n) is 2.25. The SMILES string of the molecule is CN(C)c1cccc(CNC(=O)Nc2cccc(S(=O)(=O)N(C)C)c2)c1. The molecule has 140 valence electrons. The van der Waals surface area contributed by atoms with Gasteiger partial charge in [0.1, 0.15) is 0 Å². The highest BCUT2D eigenvalue weighted by Crippen LogP contribution is 2.18. The number of carbonyl (C=O) groups excluding carboxylic acids is 1. The van der Waals surface area contributed by atoms with Crippen LogP contribution in [0.5, 0.6) is 0 Å². The predicted octanol–water partition coefficient (Wildman–Crippen LogP) is 2.32. The van der Waals surface area contributed by atoms with Crippen molar-refractivity contribution in [3.63, 3.8) is 0 Å². The van der Waals surface area contributed by atoms with Gasteiger partial charge in [0.05, 0.1) is 4.90 Å². The Hall–Kier alpha value is -2.58. The van der Waals surface area contributed by atoms with Gasteiger partial charge in [-0.1, -0.05) is 18.2 Å². The van der Waals surface area contributed by atoms with E-state index in [2.05, 4.69) is 10.6 Å². The monoisotopic (exact) mass is 376 g/mol. The average molecular weight is 376 g/mol. The average Bonchev–Trinajstić information content (AvgIpc) is 2.60. The van der Waals surface area contributed by atoms with Crippen LogP contribution in [-0.2, 0) is 16.6 Å². The molecule has 0 saturated carbocycles. The molecular formula is C18H24N4O3S. The topological polar surface area (TPSA) is 81.8 Å². The van der Waals surface area contributed by atoms with E-state index >= 15 is 0 Å². The molecule has 0 fully saturated rings. The summed E-state index contributed by atoms with van der Waals surface area (Å²) in [5, 5.41) is 5.42. The summed E-state index contributed by atoms with van der Waals surface area (Å²) in [6.45, 7) is 0.364. The summed E-state index contributed by atoms with van der Waals surface area (Å²) >= 11 is 0. The molecule has 2 aromatic carbocycles. The third-order valence-electron chi connectivity index (χ3n) is 3.75. The van der Waals surface area contributed by atoms with Gasteiger partial charge >= 0.3 is 6.03 Å². The molecule has 26 heavy (non-hydrogen) atoms. The van der Waals surface area contributed by atoms with Crippen LogP contribution in [0, 0.1) is 0 Å². The van der Waals surface area contributed by atoms with Crippen LogP contribution in [0.1, 0.15) is 5.56 Å². The molecule has 0 saturated heterocycles. The van der Waals surface area contributed by atoms with E-state index in [1.807, 2.05) is 43.3 Å². The summed E-state index contributed by atoms with van der Waals surface area (Å²) in [7, 11) is 3.28. The van der Waals surface area contributed by atoms with Crippen molar-refractivity contribution < 1.29 is 13.2 Å². The fraction of sp³-hybridized carbons (Fsp3) is 0.278. The van der Waals surface area contributed by atoms with Crippen LogP contribution in [0.25, 0.3) is 0 Å². The number of nitrogens with zero attached hydrogens (tertiary/aromatic N) is 2. The van der Waals surface area contributed by atoms with Crippen molar-refractivity contribution >= 4 is 27.4 Å². The van der Waals surface area contributed by atoms with Crippen molar-refractivity contribution in [2.75, 3.05) is 38.4 Å². The van der Waals surface area contributed by atoms with Crippen molar-refractivity contribution in [2.24, 2.45) is 0 Å². The van der Waals surface area contributed by atoms with Gasteiger partial charge in [-0.15, -0.1) is 0 Å². The summed E-state index contributed by atoms with van der Waals surface area (Å²) in [4.78, 5) is 14.2. The highest BCUT2D eigenvalue weighted by atomic mass is 32.2. The molecule has 2 rings (SSSR count). The molecule has 2 N–H and O–H groups in total. The maximum Gasteiger partial charge on any atom is 0.319 e. The van der Waals surface area contributed by atoms with Crippen LogP contribution in [0.15, 0.2) is 53.4 Å². The lowest BCUT2D eigenvalue weighted by atomic mass is 10.2. The molecular weight excluding hydrogens is 352 g/mol. The molecule has 0 unspecified atom stereocenters. The highest BCUT2D eigenvalue weighted by molar-refractivity contribution is 7.89. The van der Waals surface area contributed by atoms with Gasteiger partial charge < -0.3 is 15.5 Å². The van der Waals surface area contributed by atoms with E-state index in [-0.39, 0.29) is 4.90 Å². The summed E-state index contributed by atoms with van der Waals surface area (Å²) in [5.41, 5.74) is 2.43. The van der Waals surface area contributed by atoms with Crippen molar-refractivity contribution in [2.45, 2.75) is 11.4 Å². The van der Waals surface area contributed by atoms with E-state index in [0.717, 1.165) is 15.6 Å². The largest absolute Gasteiger partial charge is 0.378 e. The molecule has 0 bridgehead atoms. The predicted molar refractivity (Wildman–Crippen MR) is 104 cm³/mol.